The number of methoxy groups -OCH3 is 1. The Bertz CT molecular complexity index is 416. The van der Waals surface area contributed by atoms with Gasteiger partial charge in [-0.25, -0.2) is 0 Å². The molecule has 4 nitrogen and oxygen atoms in total. The molecule has 0 aliphatic carbocycles. The standard InChI is InChI=1S/C13H19ClN2O2S/c1-18-6-8-19-7-2-3-13(17)16-12-5-4-10(15)9-11(12)14/h4-5,9H,2-3,6-8,15H2,1H3,(H,16,17). The van der Waals surface area contributed by atoms with Crippen LogP contribution in [0.3, 0.4) is 0 Å². The van der Waals surface area contributed by atoms with Crippen molar-refractivity contribution < 1.29 is 9.53 Å². The van der Waals surface area contributed by atoms with Gasteiger partial charge < -0.3 is 15.8 Å². The molecule has 0 unspecified atom stereocenters. The van der Waals surface area contributed by atoms with Gasteiger partial charge in [-0.2, -0.15) is 11.8 Å². The van der Waals surface area contributed by atoms with Crippen molar-refractivity contribution in [3.63, 3.8) is 0 Å². The number of hydrogen-bond acceptors (Lipinski definition) is 4. The van der Waals surface area contributed by atoms with Gasteiger partial charge in [-0.1, -0.05) is 11.6 Å². The Morgan fingerprint density at radius 1 is 1.47 bits per heavy atom. The lowest BCUT2D eigenvalue weighted by atomic mass is 10.2. The van der Waals surface area contributed by atoms with E-state index < -0.39 is 0 Å². The summed E-state index contributed by atoms with van der Waals surface area (Å²) in [5.74, 6) is 1.88. The smallest absolute Gasteiger partial charge is 0.224 e. The third kappa shape index (κ3) is 6.71. The minimum atomic E-state index is -0.0287. The van der Waals surface area contributed by atoms with E-state index in [9.17, 15) is 4.79 Å². The summed E-state index contributed by atoms with van der Waals surface area (Å²) in [5.41, 5.74) is 6.77. The maximum Gasteiger partial charge on any atom is 0.224 e. The highest BCUT2D eigenvalue weighted by molar-refractivity contribution is 7.99. The normalized spacial score (nSPS) is 10.4. The number of ether oxygens (including phenoxy) is 1. The van der Waals surface area contributed by atoms with Gasteiger partial charge in [-0.05, 0) is 30.4 Å². The predicted molar refractivity (Wildman–Crippen MR) is 82.9 cm³/mol. The maximum absolute atomic E-state index is 11.7. The highest BCUT2D eigenvalue weighted by atomic mass is 35.5. The van der Waals surface area contributed by atoms with E-state index in [1.54, 1.807) is 37.1 Å². The number of nitrogen functional groups attached to an aromatic ring is 1. The molecule has 0 heterocycles. The Kier molecular flexibility index (Phi) is 7.70. The van der Waals surface area contributed by atoms with Crippen molar-refractivity contribution in [2.24, 2.45) is 0 Å². The summed E-state index contributed by atoms with van der Waals surface area (Å²) in [6.45, 7) is 0.748. The fourth-order valence-electron chi connectivity index (χ4n) is 1.42. The molecule has 0 aliphatic heterocycles. The van der Waals surface area contributed by atoms with E-state index in [2.05, 4.69) is 5.32 Å². The molecule has 0 fully saturated rings. The molecular weight excluding hydrogens is 284 g/mol. The van der Waals surface area contributed by atoms with Gasteiger partial charge in [0, 0.05) is 25.0 Å². The van der Waals surface area contributed by atoms with E-state index in [1.807, 2.05) is 0 Å². The van der Waals surface area contributed by atoms with E-state index >= 15 is 0 Å². The van der Waals surface area contributed by atoms with Crippen LogP contribution in [0.1, 0.15) is 12.8 Å². The first-order chi connectivity index (χ1) is 9.13. The van der Waals surface area contributed by atoms with Crippen LogP contribution in [0.2, 0.25) is 5.02 Å². The number of halogens is 1. The van der Waals surface area contributed by atoms with Gasteiger partial charge in [-0.15, -0.1) is 0 Å². The molecule has 0 spiro atoms. The monoisotopic (exact) mass is 302 g/mol. The van der Waals surface area contributed by atoms with Crippen molar-refractivity contribution in [1.82, 2.24) is 0 Å². The van der Waals surface area contributed by atoms with Gasteiger partial charge in [0.1, 0.15) is 0 Å². The molecule has 0 saturated carbocycles. The molecule has 106 valence electrons. The number of carbonyl (C=O) groups is 1. The van der Waals surface area contributed by atoms with Gasteiger partial charge in [-0.3, -0.25) is 4.79 Å². The van der Waals surface area contributed by atoms with Gasteiger partial charge in [0.05, 0.1) is 17.3 Å². The van der Waals surface area contributed by atoms with Crippen LogP contribution in [0.5, 0.6) is 0 Å². The summed E-state index contributed by atoms with van der Waals surface area (Å²) in [6.07, 6.45) is 1.33. The van der Waals surface area contributed by atoms with Crippen LogP contribution >= 0.6 is 23.4 Å². The second kappa shape index (κ2) is 9.07. The molecule has 3 N–H and O–H groups in total. The Morgan fingerprint density at radius 2 is 2.26 bits per heavy atom. The third-order valence-corrected chi connectivity index (χ3v) is 3.74. The number of rotatable bonds is 8. The van der Waals surface area contributed by atoms with Crippen LogP contribution in [-0.4, -0.2) is 31.1 Å². The Morgan fingerprint density at radius 3 is 2.95 bits per heavy atom. The third-order valence-electron chi connectivity index (χ3n) is 2.39. The van der Waals surface area contributed by atoms with Crippen molar-refractivity contribution in [3.05, 3.63) is 23.2 Å². The highest BCUT2D eigenvalue weighted by Gasteiger charge is 2.05. The van der Waals surface area contributed by atoms with Crippen LogP contribution in [0.4, 0.5) is 11.4 Å². The Labute approximate surface area is 123 Å². The van der Waals surface area contributed by atoms with Gasteiger partial charge >= 0.3 is 0 Å². The van der Waals surface area contributed by atoms with E-state index in [4.69, 9.17) is 22.1 Å². The lowest BCUT2D eigenvalue weighted by molar-refractivity contribution is -0.116. The lowest BCUT2D eigenvalue weighted by Gasteiger charge is -2.07. The topological polar surface area (TPSA) is 64.3 Å². The van der Waals surface area contributed by atoms with Gasteiger partial charge in [0.15, 0.2) is 0 Å². The minimum absolute atomic E-state index is 0.0287. The second-order valence-corrected chi connectivity index (χ2v) is 5.63. The zero-order valence-corrected chi connectivity index (χ0v) is 12.5. The molecule has 0 bridgehead atoms. The lowest BCUT2D eigenvalue weighted by Crippen LogP contribution is -2.12. The van der Waals surface area contributed by atoms with Crippen LogP contribution < -0.4 is 11.1 Å². The average Bonchev–Trinajstić information content (AvgIpc) is 2.37. The van der Waals surface area contributed by atoms with Crippen molar-refractivity contribution in [2.45, 2.75) is 12.8 Å². The van der Waals surface area contributed by atoms with Crippen molar-refractivity contribution in [3.8, 4) is 0 Å². The summed E-state index contributed by atoms with van der Waals surface area (Å²) in [6, 6.07) is 5.04. The zero-order valence-electron chi connectivity index (χ0n) is 10.9. The van der Waals surface area contributed by atoms with Crippen LogP contribution in [0, 0.1) is 0 Å². The Balaban J connectivity index is 2.23. The molecule has 1 amide bonds. The molecule has 0 atom stereocenters. The van der Waals surface area contributed by atoms with E-state index in [0.717, 1.165) is 24.5 Å². The quantitative estimate of drug-likeness (QED) is 0.572. The molecule has 0 saturated heterocycles. The number of amides is 1. The number of nitrogens with one attached hydrogen (secondary N) is 1. The summed E-state index contributed by atoms with van der Waals surface area (Å²) < 4.78 is 4.95. The minimum Gasteiger partial charge on any atom is -0.399 e. The van der Waals surface area contributed by atoms with Crippen molar-refractivity contribution in [1.29, 1.82) is 0 Å². The molecule has 1 aromatic carbocycles. The molecule has 0 aromatic heterocycles. The molecule has 0 radical (unpaired) electrons. The Hall–Kier alpha value is -0.910. The molecule has 0 aliphatic rings. The van der Waals surface area contributed by atoms with E-state index in [0.29, 0.717) is 22.8 Å². The van der Waals surface area contributed by atoms with Crippen LogP contribution in [0.25, 0.3) is 0 Å². The van der Waals surface area contributed by atoms with Crippen molar-refractivity contribution in [2.75, 3.05) is 36.3 Å². The highest BCUT2D eigenvalue weighted by Crippen LogP contribution is 2.24. The first-order valence-electron chi connectivity index (χ1n) is 6.05. The van der Waals surface area contributed by atoms with Crippen LogP contribution in [0.15, 0.2) is 18.2 Å². The summed E-state index contributed by atoms with van der Waals surface area (Å²) >= 11 is 7.76. The first kappa shape index (κ1) is 16.1. The van der Waals surface area contributed by atoms with Gasteiger partial charge in [0.25, 0.3) is 0 Å². The maximum atomic E-state index is 11.7. The number of thioether (sulfide) groups is 1. The summed E-state index contributed by atoms with van der Waals surface area (Å²) in [5, 5.41) is 3.24. The van der Waals surface area contributed by atoms with Crippen molar-refractivity contribution >= 4 is 40.6 Å². The molecule has 19 heavy (non-hydrogen) atoms. The zero-order chi connectivity index (χ0) is 14.1. The van der Waals surface area contributed by atoms with Gasteiger partial charge in [0.2, 0.25) is 5.91 Å². The largest absolute Gasteiger partial charge is 0.399 e. The van der Waals surface area contributed by atoms with Crippen LogP contribution in [-0.2, 0) is 9.53 Å². The predicted octanol–water partition coefficient (Wildman–Crippen LogP) is 3.02. The molecular formula is C13H19ClN2O2S. The van der Waals surface area contributed by atoms with E-state index in [1.165, 1.54) is 0 Å². The first-order valence-corrected chi connectivity index (χ1v) is 7.58. The van der Waals surface area contributed by atoms with E-state index in [-0.39, 0.29) is 5.91 Å². The molecule has 6 heteroatoms. The number of anilines is 2. The molecule has 1 aromatic rings. The number of nitrogens with two attached hydrogens (primary N) is 1. The fraction of sp³-hybridized carbons (Fsp3) is 0.462. The number of carbonyl (C=O) groups excluding carboxylic acids is 1. The second-order valence-electron chi connectivity index (χ2n) is 4.00. The SMILES string of the molecule is COCCSCCCC(=O)Nc1ccc(N)cc1Cl. The molecule has 1 rings (SSSR count). The number of hydrogen-bond donors (Lipinski definition) is 2. The summed E-state index contributed by atoms with van der Waals surface area (Å²) in [4.78, 5) is 11.7. The summed E-state index contributed by atoms with van der Waals surface area (Å²) in [7, 11) is 1.68. The average molecular weight is 303 g/mol. The fourth-order valence-corrected chi connectivity index (χ4v) is 2.50. The number of benzene rings is 1.